The monoisotopic (exact) mass is 558 g/mol. The number of rotatable bonds is 10. The number of nitrogens with zero attached hydrogens (tertiary/aromatic N) is 2. The van der Waals surface area contributed by atoms with E-state index in [1.54, 1.807) is 12.3 Å². The number of ether oxygens (including phenoxy) is 1. The predicted octanol–water partition coefficient (Wildman–Crippen LogP) is 7.48. The molecule has 0 bridgehead atoms. The summed E-state index contributed by atoms with van der Waals surface area (Å²) in [6.07, 6.45) is -2.77. The highest BCUT2D eigenvalue weighted by molar-refractivity contribution is 7.15. The molecule has 2 aromatic heterocycles. The summed E-state index contributed by atoms with van der Waals surface area (Å²) in [4.78, 5) is 19.3. The molecule has 0 aliphatic heterocycles. The largest absolute Gasteiger partial charge is 0.478 e. The number of furan rings is 1. The van der Waals surface area contributed by atoms with Crippen molar-refractivity contribution in [1.82, 2.24) is 9.88 Å². The van der Waals surface area contributed by atoms with Crippen molar-refractivity contribution in [2.45, 2.75) is 59.1 Å². The van der Waals surface area contributed by atoms with Crippen molar-refractivity contribution < 1.29 is 32.2 Å². The lowest BCUT2D eigenvalue weighted by Gasteiger charge is -2.24. The Bertz CT molecular complexity index is 1430. The number of carbonyl (C=O) groups is 1. The van der Waals surface area contributed by atoms with Crippen molar-refractivity contribution in [2.75, 3.05) is 0 Å². The Hall–Kier alpha value is -3.63. The average Bonchev–Trinajstić information content (AvgIpc) is 3.50. The van der Waals surface area contributed by atoms with Crippen molar-refractivity contribution in [3.63, 3.8) is 0 Å². The van der Waals surface area contributed by atoms with E-state index >= 15 is 0 Å². The number of aryl methyl sites for hydroxylation is 2. The van der Waals surface area contributed by atoms with Gasteiger partial charge in [0.1, 0.15) is 16.5 Å². The summed E-state index contributed by atoms with van der Waals surface area (Å²) in [5, 5.41) is 10.0. The second-order valence-electron chi connectivity index (χ2n) is 9.84. The number of carboxylic acid groups (broad SMARTS) is 1. The van der Waals surface area contributed by atoms with Crippen molar-refractivity contribution in [2.24, 2.45) is 0 Å². The van der Waals surface area contributed by atoms with Crippen LogP contribution >= 0.6 is 11.3 Å². The summed E-state index contributed by atoms with van der Waals surface area (Å²) in [6.45, 7) is 8.42. The van der Waals surface area contributed by atoms with Gasteiger partial charge in [0.2, 0.25) is 0 Å². The number of carboxylic acids is 1. The van der Waals surface area contributed by atoms with Gasteiger partial charge in [-0.2, -0.15) is 13.2 Å². The average molecular weight is 559 g/mol. The predicted molar refractivity (Wildman–Crippen MR) is 142 cm³/mol. The number of halogens is 3. The summed E-state index contributed by atoms with van der Waals surface area (Å²) in [5.74, 6) is 0.245. The van der Waals surface area contributed by atoms with Crippen LogP contribution in [0.1, 0.15) is 46.9 Å². The smallest absolute Gasteiger partial charge is 0.416 e. The Balaban J connectivity index is 1.55. The number of hydrogen-bond acceptors (Lipinski definition) is 6. The minimum atomic E-state index is -4.38. The first-order valence-electron chi connectivity index (χ1n) is 12.2. The fraction of sp³-hybridized carbons (Fsp3) is 0.310. The van der Waals surface area contributed by atoms with Gasteiger partial charge in [-0.3, -0.25) is 4.90 Å². The van der Waals surface area contributed by atoms with Gasteiger partial charge in [0.25, 0.3) is 0 Å². The molecule has 2 heterocycles. The van der Waals surface area contributed by atoms with Gasteiger partial charge in [0, 0.05) is 23.5 Å². The molecule has 39 heavy (non-hydrogen) atoms. The van der Waals surface area contributed by atoms with Crippen LogP contribution in [-0.4, -0.2) is 26.6 Å². The zero-order valence-electron chi connectivity index (χ0n) is 22.0. The maximum Gasteiger partial charge on any atom is 0.416 e. The van der Waals surface area contributed by atoms with E-state index in [0.717, 1.165) is 39.6 Å². The lowest BCUT2D eigenvalue weighted by atomic mass is 10.1. The topological polar surface area (TPSA) is 75.8 Å². The summed E-state index contributed by atoms with van der Waals surface area (Å²) in [6, 6.07) is 14.4. The standard InChI is InChI=1S/C29H29F3N2O4S/c1-18-14-20(7-12-24(18)38-28(3,4)27(35)36)15-34(16-23-6-5-13-37-23)17-25-19(2)33-26(39-25)21-8-10-22(11-9-21)29(30,31)32/h5-14H,15-17H2,1-4H3,(H,35,36). The Morgan fingerprint density at radius 2 is 1.77 bits per heavy atom. The molecule has 0 atom stereocenters. The van der Waals surface area contributed by atoms with Crippen LogP contribution in [0.4, 0.5) is 13.2 Å². The highest BCUT2D eigenvalue weighted by atomic mass is 32.1. The molecule has 4 aromatic rings. The molecule has 0 saturated heterocycles. The van der Waals surface area contributed by atoms with E-state index in [9.17, 15) is 23.1 Å². The van der Waals surface area contributed by atoms with Crippen LogP contribution in [0.5, 0.6) is 5.75 Å². The van der Waals surface area contributed by atoms with Crippen LogP contribution in [0.15, 0.2) is 65.3 Å². The summed E-state index contributed by atoms with van der Waals surface area (Å²) < 4.78 is 50.2. The number of alkyl halides is 3. The van der Waals surface area contributed by atoms with E-state index in [-0.39, 0.29) is 0 Å². The van der Waals surface area contributed by atoms with E-state index in [2.05, 4.69) is 9.88 Å². The Labute approximate surface area is 228 Å². The molecule has 6 nitrogen and oxygen atoms in total. The molecule has 0 spiro atoms. The van der Waals surface area contributed by atoms with Crippen molar-refractivity contribution in [1.29, 1.82) is 0 Å². The van der Waals surface area contributed by atoms with Gasteiger partial charge in [-0.05, 0) is 69.2 Å². The molecule has 206 valence electrons. The number of aliphatic carboxylic acids is 1. The quantitative estimate of drug-likeness (QED) is 0.217. The van der Waals surface area contributed by atoms with E-state index in [4.69, 9.17) is 9.15 Å². The second kappa shape index (κ2) is 11.2. The Kier molecular flexibility index (Phi) is 8.17. The molecular weight excluding hydrogens is 529 g/mol. The molecule has 10 heteroatoms. The van der Waals surface area contributed by atoms with Crippen molar-refractivity contribution in [3.05, 3.63) is 93.9 Å². The van der Waals surface area contributed by atoms with Gasteiger partial charge in [0.15, 0.2) is 5.60 Å². The maximum atomic E-state index is 13.0. The molecular formula is C29H29F3N2O4S. The minimum absolute atomic E-state index is 0.503. The Morgan fingerprint density at radius 1 is 1.05 bits per heavy atom. The summed E-state index contributed by atoms with van der Waals surface area (Å²) in [5.41, 5.74) is 1.22. The number of aromatic nitrogens is 1. The highest BCUT2D eigenvalue weighted by Gasteiger charge is 2.31. The number of thiazole rings is 1. The maximum absolute atomic E-state index is 13.0. The zero-order valence-corrected chi connectivity index (χ0v) is 22.8. The van der Waals surface area contributed by atoms with Crippen LogP contribution in [0.25, 0.3) is 10.6 Å². The third-order valence-corrected chi connectivity index (χ3v) is 7.40. The zero-order chi connectivity index (χ0) is 28.4. The second-order valence-corrected chi connectivity index (χ2v) is 10.9. The summed E-state index contributed by atoms with van der Waals surface area (Å²) in [7, 11) is 0. The van der Waals surface area contributed by atoms with Crippen LogP contribution in [-0.2, 0) is 30.6 Å². The van der Waals surface area contributed by atoms with Crippen LogP contribution < -0.4 is 4.74 Å². The molecule has 0 aliphatic carbocycles. The third-order valence-electron chi connectivity index (χ3n) is 6.20. The number of benzene rings is 2. The minimum Gasteiger partial charge on any atom is -0.478 e. The van der Waals surface area contributed by atoms with E-state index < -0.39 is 23.3 Å². The molecule has 0 aliphatic rings. The van der Waals surface area contributed by atoms with Gasteiger partial charge < -0.3 is 14.3 Å². The van der Waals surface area contributed by atoms with Crippen molar-refractivity contribution >= 4 is 17.3 Å². The van der Waals surface area contributed by atoms with Gasteiger partial charge >= 0.3 is 12.1 Å². The number of hydrogen-bond donors (Lipinski definition) is 1. The lowest BCUT2D eigenvalue weighted by Crippen LogP contribution is -2.38. The first-order valence-corrected chi connectivity index (χ1v) is 13.0. The summed E-state index contributed by atoms with van der Waals surface area (Å²) >= 11 is 1.45. The molecule has 0 saturated carbocycles. The SMILES string of the molecule is Cc1cc(CN(Cc2ccco2)Cc2sc(-c3ccc(C(F)(F)F)cc3)nc2C)ccc1OC(C)(C)C(=O)O. The molecule has 4 rings (SSSR count). The molecule has 0 amide bonds. The van der Waals surface area contributed by atoms with Crippen molar-refractivity contribution in [3.8, 4) is 16.3 Å². The lowest BCUT2D eigenvalue weighted by molar-refractivity contribution is -0.152. The van der Waals surface area contributed by atoms with Crippen LogP contribution in [0, 0.1) is 13.8 Å². The first kappa shape index (κ1) is 28.4. The normalized spacial score (nSPS) is 12.2. The van der Waals surface area contributed by atoms with Crippen LogP contribution in [0.3, 0.4) is 0 Å². The Morgan fingerprint density at radius 3 is 2.36 bits per heavy atom. The third kappa shape index (κ3) is 7.07. The molecule has 0 unspecified atom stereocenters. The van der Waals surface area contributed by atoms with E-state index in [1.807, 2.05) is 38.1 Å². The van der Waals surface area contributed by atoms with Gasteiger partial charge in [-0.25, -0.2) is 9.78 Å². The van der Waals surface area contributed by atoms with Crippen LogP contribution in [0.2, 0.25) is 0 Å². The van der Waals surface area contributed by atoms with Gasteiger partial charge in [-0.15, -0.1) is 11.3 Å². The molecule has 0 radical (unpaired) electrons. The van der Waals surface area contributed by atoms with Gasteiger partial charge in [-0.1, -0.05) is 24.3 Å². The first-order chi connectivity index (χ1) is 18.3. The van der Waals surface area contributed by atoms with E-state index in [1.165, 1.54) is 37.3 Å². The molecule has 1 N–H and O–H groups in total. The fourth-order valence-electron chi connectivity index (χ4n) is 3.99. The van der Waals surface area contributed by atoms with E-state index in [0.29, 0.717) is 36.0 Å². The molecule has 2 aromatic carbocycles. The molecule has 0 fully saturated rings. The highest BCUT2D eigenvalue weighted by Crippen LogP contribution is 2.34. The van der Waals surface area contributed by atoms with Gasteiger partial charge in [0.05, 0.1) is 24.1 Å². The fourth-order valence-corrected chi connectivity index (χ4v) is 5.11.